The first-order chi connectivity index (χ1) is 15.5. The van der Waals surface area contributed by atoms with Crippen LogP contribution in [0.25, 0.3) is 12.2 Å². The molecule has 3 aromatic carbocycles. The van der Waals surface area contributed by atoms with Crippen molar-refractivity contribution in [2.24, 2.45) is 0 Å². The number of carbonyl (C=O) groups excluding carboxylic acids is 1. The SMILES string of the molecule is C=Cc1ccc(COc2ccc3c(c2C)O/C(=C\c2ccc(OC)cc2OC)C3=O)cc1. The van der Waals surface area contributed by atoms with Crippen LogP contribution in [0.2, 0.25) is 0 Å². The molecule has 0 bridgehead atoms. The fourth-order valence-electron chi connectivity index (χ4n) is 3.51. The minimum atomic E-state index is -0.174. The van der Waals surface area contributed by atoms with E-state index in [1.165, 1.54) is 0 Å². The summed E-state index contributed by atoms with van der Waals surface area (Å²) in [5.41, 5.74) is 4.12. The Bertz CT molecular complexity index is 1210. The second-order valence-corrected chi connectivity index (χ2v) is 7.35. The summed E-state index contributed by atoms with van der Waals surface area (Å²) in [4.78, 5) is 12.9. The number of allylic oxidation sites excluding steroid dienone is 1. The van der Waals surface area contributed by atoms with E-state index in [4.69, 9.17) is 18.9 Å². The summed E-state index contributed by atoms with van der Waals surface area (Å²) in [5.74, 6) is 2.52. The third-order valence-electron chi connectivity index (χ3n) is 5.37. The lowest BCUT2D eigenvalue weighted by Crippen LogP contribution is -1.99. The predicted molar refractivity (Wildman–Crippen MR) is 125 cm³/mol. The van der Waals surface area contributed by atoms with Gasteiger partial charge in [0.15, 0.2) is 5.76 Å². The second-order valence-electron chi connectivity index (χ2n) is 7.35. The minimum absolute atomic E-state index is 0.174. The highest BCUT2D eigenvalue weighted by Crippen LogP contribution is 2.40. The smallest absolute Gasteiger partial charge is 0.231 e. The molecule has 5 nitrogen and oxygen atoms in total. The van der Waals surface area contributed by atoms with E-state index in [0.717, 1.165) is 22.3 Å². The van der Waals surface area contributed by atoms with Crippen molar-refractivity contribution in [3.63, 3.8) is 0 Å². The maximum atomic E-state index is 12.9. The Morgan fingerprint density at radius 2 is 1.75 bits per heavy atom. The number of hydrogen-bond acceptors (Lipinski definition) is 5. The van der Waals surface area contributed by atoms with Crippen LogP contribution in [0.15, 0.2) is 66.9 Å². The van der Waals surface area contributed by atoms with E-state index in [1.54, 1.807) is 44.6 Å². The van der Waals surface area contributed by atoms with Crippen LogP contribution in [0.3, 0.4) is 0 Å². The molecule has 1 heterocycles. The fraction of sp³-hybridized carbons (Fsp3) is 0.148. The minimum Gasteiger partial charge on any atom is -0.497 e. The van der Waals surface area contributed by atoms with Crippen LogP contribution in [0.5, 0.6) is 23.0 Å². The van der Waals surface area contributed by atoms with Crippen molar-refractivity contribution in [2.75, 3.05) is 14.2 Å². The number of hydrogen-bond donors (Lipinski definition) is 0. The number of Topliss-reactive ketones (excluding diaryl/α,β-unsaturated/α-hetero) is 1. The number of methoxy groups -OCH3 is 2. The van der Waals surface area contributed by atoms with E-state index in [-0.39, 0.29) is 11.5 Å². The van der Waals surface area contributed by atoms with E-state index in [0.29, 0.717) is 35.2 Å². The van der Waals surface area contributed by atoms with Gasteiger partial charge >= 0.3 is 0 Å². The largest absolute Gasteiger partial charge is 0.497 e. The topological polar surface area (TPSA) is 54.0 Å². The number of carbonyl (C=O) groups is 1. The van der Waals surface area contributed by atoms with Gasteiger partial charge in [-0.1, -0.05) is 36.9 Å². The summed E-state index contributed by atoms with van der Waals surface area (Å²) in [6, 6.07) is 16.9. The van der Waals surface area contributed by atoms with Crippen molar-refractivity contribution >= 4 is 17.9 Å². The highest BCUT2D eigenvalue weighted by molar-refractivity contribution is 6.15. The van der Waals surface area contributed by atoms with Gasteiger partial charge in [0.2, 0.25) is 5.78 Å². The normalized spacial score (nSPS) is 13.5. The summed E-state index contributed by atoms with van der Waals surface area (Å²) >= 11 is 0. The Morgan fingerprint density at radius 1 is 0.969 bits per heavy atom. The van der Waals surface area contributed by atoms with Crippen molar-refractivity contribution in [2.45, 2.75) is 13.5 Å². The number of ketones is 1. The zero-order valence-corrected chi connectivity index (χ0v) is 18.3. The molecule has 3 aromatic rings. The molecule has 0 saturated carbocycles. The van der Waals surface area contributed by atoms with Gasteiger partial charge in [-0.25, -0.2) is 0 Å². The lowest BCUT2D eigenvalue weighted by atomic mass is 10.1. The van der Waals surface area contributed by atoms with Gasteiger partial charge < -0.3 is 18.9 Å². The molecule has 0 radical (unpaired) electrons. The summed E-state index contributed by atoms with van der Waals surface area (Å²) in [6.07, 6.45) is 3.48. The van der Waals surface area contributed by atoms with E-state index >= 15 is 0 Å². The number of benzene rings is 3. The lowest BCUT2D eigenvalue weighted by Gasteiger charge is -2.12. The summed E-state index contributed by atoms with van der Waals surface area (Å²) in [6.45, 7) is 6.07. The van der Waals surface area contributed by atoms with Crippen LogP contribution < -0.4 is 18.9 Å². The molecular formula is C27H24O5. The Morgan fingerprint density at radius 3 is 2.44 bits per heavy atom. The van der Waals surface area contributed by atoms with Crippen LogP contribution in [0.4, 0.5) is 0 Å². The average Bonchev–Trinajstić information content (AvgIpc) is 3.15. The van der Waals surface area contributed by atoms with Crippen molar-refractivity contribution in [1.29, 1.82) is 0 Å². The Labute approximate surface area is 187 Å². The van der Waals surface area contributed by atoms with Gasteiger partial charge in [-0.05, 0) is 48.4 Å². The molecule has 1 aliphatic rings. The van der Waals surface area contributed by atoms with Gasteiger partial charge in [-0.2, -0.15) is 0 Å². The molecular weight excluding hydrogens is 404 g/mol. The molecule has 0 atom stereocenters. The van der Waals surface area contributed by atoms with Crippen LogP contribution in [0, 0.1) is 6.92 Å². The molecule has 0 aromatic heterocycles. The molecule has 0 aliphatic carbocycles. The highest BCUT2D eigenvalue weighted by atomic mass is 16.5. The summed E-state index contributed by atoms with van der Waals surface area (Å²) < 4.78 is 22.6. The summed E-state index contributed by atoms with van der Waals surface area (Å²) in [5, 5.41) is 0. The first-order valence-electron chi connectivity index (χ1n) is 10.2. The Balaban J connectivity index is 1.56. The van der Waals surface area contributed by atoms with Gasteiger partial charge in [-0.15, -0.1) is 0 Å². The van der Waals surface area contributed by atoms with Crippen LogP contribution >= 0.6 is 0 Å². The van der Waals surface area contributed by atoms with Gasteiger partial charge in [0, 0.05) is 17.2 Å². The maximum Gasteiger partial charge on any atom is 0.231 e. The van der Waals surface area contributed by atoms with Gasteiger partial charge in [-0.3, -0.25) is 4.79 Å². The molecule has 1 aliphatic heterocycles. The monoisotopic (exact) mass is 428 g/mol. The van der Waals surface area contributed by atoms with Crippen LogP contribution in [-0.4, -0.2) is 20.0 Å². The molecule has 5 heteroatoms. The zero-order valence-electron chi connectivity index (χ0n) is 18.3. The zero-order chi connectivity index (χ0) is 22.7. The van der Waals surface area contributed by atoms with Gasteiger partial charge in [0.1, 0.15) is 29.6 Å². The van der Waals surface area contributed by atoms with E-state index in [2.05, 4.69) is 6.58 Å². The first-order valence-corrected chi connectivity index (χ1v) is 10.2. The van der Waals surface area contributed by atoms with Gasteiger partial charge in [0.25, 0.3) is 0 Å². The fourth-order valence-corrected chi connectivity index (χ4v) is 3.51. The maximum absolute atomic E-state index is 12.9. The van der Waals surface area contributed by atoms with Crippen molar-refractivity contribution in [3.8, 4) is 23.0 Å². The number of rotatable bonds is 7. The molecule has 0 amide bonds. The van der Waals surface area contributed by atoms with E-state index < -0.39 is 0 Å². The third-order valence-corrected chi connectivity index (χ3v) is 5.37. The van der Waals surface area contributed by atoms with Crippen LogP contribution in [0.1, 0.15) is 32.6 Å². The highest BCUT2D eigenvalue weighted by Gasteiger charge is 2.30. The molecule has 0 fully saturated rings. The standard InChI is InChI=1S/C27H24O5/c1-5-18-6-8-19(9-7-18)16-31-23-13-12-22-26(28)25(32-27(22)17(23)2)14-20-10-11-21(29-3)15-24(20)30-4/h5-15H,1,16H2,2-4H3/b25-14-. The van der Waals surface area contributed by atoms with Crippen LogP contribution in [-0.2, 0) is 6.61 Å². The number of fused-ring (bicyclic) bond motifs is 1. The molecule has 162 valence electrons. The Kier molecular flexibility index (Phi) is 5.99. The first kappa shape index (κ1) is 21.2. The average molecular weight is 428 g/mol. The molecule has 0 saturated heterocycles. The van der Waals surface area contributed by atoms with Crippen molar-refractivity contribution < 1.29 is 23.7 Å². The van der Waals surface area contributed by atoms with E-state index in [1.807, 2.05) is 43.3 Å². The molecule has 0 N–H and O–H groups in total. The quantitative estimate of drug-likeness (QED) is 0.442. The van der Waals surface area contributed by atoms with Crippen molar-refractivity contribution in [3.05, 3.63) is 94.8 Å². The molecule has 0 spiro atoms. The second kappa shape index (κ2) is 9.02. The summed E-state index contributed by atoms with van der Waals surface area (Å²) in [7, 11) is 3.16. The van der Waals surface area contributed by atoms with E-state index in [9.17, 15) is 4.79 Å². The number of ether oxygens (including phenoxy) is 4. The molecule has 0 unspecified atom stereocenters. The molecule has 32 heavy (non-hydrogen) atoms. The molecule has 4 rings (SSSR count). The third kappa shape index (κ3) is 4.10. The predicted octanol–water partition coefficient (Wildman–Crippen LogP) is 5.85. The Hall–Kier alpha value is -3.99. The van der Waals surface area contributed by atoms with Gasteiger partial charge in [0.05, 0.1) is 19.8 Å². The lowest BCUT2D eigenvalue weighted by molar-refractivity contribution is 0.101. The van der Waals surface area contributed by atoms with Crippen molar-refractivity contribution in [1.82, 2.24) is 0 Å².